The van der Waals surface area contributed by atoms with Gasteiger partial charge in [-0.3, -0.25) is 0 Å². The van der Waals surface area contributed by atoms with E-state index in [4.69, 9.17) is 0 Å². The highest BCUT2D eigenvalue weighted by molar-refractivity contribution is 7.99. The third-order valence-corrected chi connectivity index (χ3v) is 10.8. The standard InChI is InChI=1S/C29H44S/c1-19(2)20(3)8-9-21(4)25-12-13-26-24-11-10-22-18-23(30-7)14-16-28(22,5)27(24)15-17-29(25,26)6/h8-11,15,19-21,23,25-26H,12-14,16-18H2,1-7H3/b9-8+. The van der Waals surface area contributed by atoms with E-state index in [0.29, 0.717) is 22.7 Å². The maximum atomic E-state index is 2.69. The van der Waals surface area contributed by atoms with Gasteiger partial charge in [-0.1, -0.05) is 77.5 Å². The summed E-state index contributed by atoms with van der Waals surface area (Å²) in [4.78, 5) is 0. The first-order valence-corrected chi connectivity index (χ1v) is 13.8. The van der Waals surface area contributed by atoms with Crippen molar-refractivity contribution in [3.63, 3.8) is 0 Å². The van der Waals surface area contributed by atoms with Crippen molar-refractivity contribution in [2.45, 2.75) is 85.3 Å². The first-order valence-electron chi connectivity index (χ1n) is 12.5. The van der Waals surface area contributed by atoms with Gasteiger partial charge in [-0.2, -0.15) is 11.8 Å². The van der Waals surface area contributed by atoms with E-state index in [0.717, 1.165) is 23.0 Å². The highest BCUT2D eigenvalue weighted by Crippen LogP contribution is 2.64. The van der Waals surface area contributed by atoms with Crippen molar-refractivity contribution in [3.05, 3.63) is 47.1 Å². The molecule has 2 fully saturated rings. The van der Waals surface area contributed by atoms with E-state index in [1.807, 2.05) is 0 Å². The van der Waals surface area contributed by atoms with Crippen molar-refractivity contribution >= 4 is 11.8 Å². The summed E-state index contributed by atoms with van der Waals surface area (Å²) in [6.45, 7) is 14.7. The zero-order chi connectivity index (χ0) is 21.7. The minimum atomic E-state index is 0.313. The van der Waals surface area contributed by atoms with Crippen molar-refractivity contribution in [3.8, 4) is 0 Å². The third-order valence-electron chi connectivity index (χ3n) is 9.76. The van der Waals surface area contributed by atoms with E-state index in [1.54, 1.807) is 16.7 Å². The Bertz CT molecular complexity index is 780. The van der Waals surface area contributed by atoms with Gasteiger partial charge in [0.15, 0.2) is 0 Å². The molecule has 0 N–H and O–H groups in total. The largest absolute Gasteiger partial charge is 0.162 e. The molecule has 1 heteroatoms. The molecule has 0 heterocycles. The number of fused-ring (bicyclic) bond motifs is 5. The van der Waals surface area contributed by atoms with E-state index in [2.05, 4.69) is 89.9 Å². The molecule has 0 aliphatic heterocycles. The number of hydrogen-bond acceptors (Lipinski definition) is 1. The molecule has 0 saturated heterocycles. The summed E-state index contributed by atoms with van der Waals surface area (Å²) in [6, 6.07) is 0. The fraction of sp³-hybridized carbons (Fsp3) is 0.724. The highest BCUT2D eigenvalue weighted by Gasteiger charge is 2.54. The number of hydrogen-bond donors (Lipinski definition) is 0. The molecule has 0 spiro atoms. The van der Waals surface area contributed by atoms with Gasteiger partial charge in [0.1, 0.15) is 0 Å². The molecule has 7 atom stereocenters. The fourth-order valence-corrected chi connectivity index (χ4v) is 7.85. The molecule has 7 unspecified atom stereocenters. The first kappa shape index (κ1) is 22.5. The van der Waals surface area contributed by atoms with E-state index in [-0.39, 0.29) is 0 Å². The smallest absolute Gasteiger partial charge is 0.0137 e. The average Bonchev–Trinajstić information content (AvgIpc) is 3.08. The van der Waals surface area contributed by atoms with Gasteiger partial charge in [0.05, 0.1) is 0 Å². The molecule has 0 aromatic rings. The van der Waals surface area contributed by atoms with Crippen LogP contribution in [0.4, 0.5) is 0 Å². The Labute approximate surface area is 190 Å². The van der Waals surface area contributed by atoms with Gasteiger partial charge in [0.25, 0.3) is 0 Å². The second-order valence-electron chi connectivity index (χ2n) is 11.7. The minimum absolute atomic E-state index is 0.313. The Kier molecular flexibility index (Phi) is 6.26. The van der Waals surface area contributed by atoms with Gasteiger partial charge in [0.2, 0.25) is 0 Å². The van der Waals surface area contributed by atoms with E-state index >= 15 is 0 Å². The van der Waals surface area contributed by atoms with Crippen LogP contribution in [0.5, 0.6) is 0 Å². The molecule has 4 rings (SSSR count). The predicted octanol–water partition coefficient (Wildman–Crippen LogP) is 8.62. The molecule has 0 nitrogen and oxygen atoms in total. The lowest BCUT2D eigenvalue weighted by Crippen LogP contribution is -2.40. The van der Waals surface area contributed by atoms with Gasteiger partial charge in [-0.25, -0.2) is 0 Å². The lowest BCUT2D eigenvalue weighted by molar-refractivity contribution is 0.141. The van der Waals surface area contributed by atoms with Crippen molar-refractivity contribution in [1.82, 2.24) is 0 Å². The quantitative estimate of drug-likeness (QED) is 0.398. The zero-order valence-electron chi connectivity index (χ0n) is 20.5. The van der Waals surface area contributed by atoms with E-state index in [9.17, 15) is 0 Å². The molecule has 0 bridgehead atoms. The first-order chi connectivity index (χ1) is 14.2. The highest BCUT2D eigenvalue weighted by atomic mass is 32.2. The Hall–Kier alpha value is -0.690. The summed E-state index contributed by atoms with van der Waals surface area (Å²) in [6.07, 6.45) is 23.2. The van der Waals surface area contributed by atoms with Gasteiger partial charge >= 0.3 is 0 Å². The summed E-state index contributed by atoms with van der Waals surface area (Å²) in [7, 11) is 0. The minimum Gasteiger partial charge on any atom is -0.162 e. The van der Waals surface area contributed by atoms with Crippen LogP contribution in [0, 0.1) is 40.4 Å². The molecule has 166 valence electrons. The third kappa shape index (κ3) is 3.62. The Morgan fingerprint density at radius 3 is 2.50 bits per heavy atom. The Morgan fingerprint density at radius 2 is 1.80 bits per heavy atom. The molecular weight excluding hydrogens is 380 g/mol. The van der Waals surface area contributed by atoms with Crippen LogP contribution in [-0.2, 0) is 0 Å². The number of allylic oxidation sites excluding steroid dienone is 8. The predicted molar refractivity (Wildman–Crippen MR) is 135 cm³/mol. The molecular formula is C29H44S. The summed E-state index contributed by atoms with van der Waals surface area (Å²) >= 11 is 2.07. The number of thioether (sulfide) groups is 1. The van der Waals surface area contributed by atoms with Crippen LogP contribution < -0.4 is 0 Å². The van der Waals surface area contributed by atoms with Crippen molar-refractivity contribution in [2.75, 3.05) is 6.26 Å². The maximum absolute atomic E-state index is 2.69. The zero-order valence-corrected chi connectivity index (χ0v) is 21.3. The van der Waals surface area contributed by atoms with Crippen LogP contribution in [0.1, 0.15) is 80.1 Å². The summed E-state index contributed by atoms with van der Waals surface area (Å²) < 4.78 is 0. The van der Waals surface area contributed by atoms with Crippen LogP contribution in [0.15, 0.2) is 47.1 Å². The van der Waals surface area contributed by atoms with Gasteiger partial charge in [-0.05, 0) is 90.9 Å². The lowest BCUT2D eigenvalue weighted by Gasteiger charge is -2.51. The SMILES string of the molecule is CSC1CCC2(C)C(=CC=C3C2=CCC2(C)C3CCC2C(C)/C=C/C(C)C(C)C)C1. The van der Waals surface area contributed by atoms with Crippen molar-refractivity contribution < 1.29 is 0 Å². The van der Waals surface area contributed by atoms with Gasteiger partial charge < -0.3 is 0 Å². The Morgan fingerprint density at radius 1 is 1.03 bits per heavy atom. The van der Waals surface area contributed by atoms with Crippen LogP contribution in [0.2, 0.25) is 0 Å². The van der Waals surface area contributed by atoms with Crippen LogP contribution in [0.25, 0.3) is 0 Å². The normalized spacial score (nSPS) is 40.3. The number of rotatable bonds is 5. The van der Waals surface area contributed by atoms with E-state index < -0.39 is 0 Å². The van der Waals surface area contributed by atoms with Crippen LogP contribution in [0.3, 0.4) is 0 Å². The van der Waals surface area contributed by atoms with Gasteiger partial charge in [-0.15, -0.1) is 0 Å². The van der Waals surface area contributed by atoms with E-state index in [1.165, 1.54) is 38.5 Å². The van der Waals surface area contributed by atoms with Crippen LogP contribution in [-0.4, -0.2) is 11.5 Å². The lowest BCUT2D eigenvalue weighted by atomic mass is 9.54. The van der Waals surface area contributed by atoms with Crippen molar-refractivity contribution in [2.24, 2.45) is 40.4 Å². The average molecular weight is 425 g/mol. The second kappa shape index (κ2) is 8.34. The fourth-order valence-electron chi connectivity index (χ4n) is 7.15. The molecule has 30 heavy (non-hydrogen) atoms. The summed E-state index contributed by atoms with van der Waals surface area (Å²) in [5, 5.41) is 0.824. The maximum Gasteiger partial charge on any atom is 0.0137 e. The van der Waals surface area contributed by atoms with Crippen LogP contribution >= 0.6 is 11.8 Å². The molecule has 4 aliphatic carbocycles. The molecule has 2 saturated carbocycles. The molecule has 0 amide bonds. The molecule has 4 aliphatic rings. The summed E-state index contributed by atoms with van der Waals surface area (Å²) in [5.41, 5.74) is 5.89. The Balaban J connectivity index is 1.59. The second-order valence-corrected chi connectivity index (χ2v) is 12.8. The molecule has 0 aromatic heterocycles. The molecule has 0 aromatic carbocycles. The summed E-state index contributed by atoms with van der Waals surface area (Å²) in [5.74, 6) is 3.65. The van der Waals surface area contributed by atoms with Gasteiger partial charge in [0, 0.05) is 10.7 Å². The molecule has 0 radical (unpaired) electrons. The van der Waals surface area contributed by atoms with Crippen molar-refractivity contribution in [1.29, 1.82) is 0 Å². The topological polar surface area (TPSA) is 0 Å². The monoisotopic (exact) mass is 424 g/mol.